The summed E-state index contributed by atoms with van der Waals surface area (Å²) in [6, 6.07) is 16.8. The SMILES string of the molecule is C[C@H]1CC[C@H](C)N1C(=O)c1ccc(-c2ccc(OCCCN3CCOCC3)cc2)cc1. The minimum absolute atomic E-state index is 0.143. The van der Waals surface area contributed by atoms with Crippen molar-refractivity contribution in [3.05, 3.63) is 54.1 Å². The van der Waals surface area contributed by atoms with Gasteiger partial charge >= 0.3 is 0 Å². The number of amides is 1. The van der Waals surface area contributed by atoms with Crippen LogP contribution in [0.3, 0.4) is 0 Å². The molecule has 31 heavy (non-hydrogen) atoms. The molecule has 2 aromatic rings. The molecule has 1 amide bonds. The molecule has 166 valence electrons. The molecule has 5 heteroatoms. The number of benzene rings is 2. The molecule has 4 rings (SSSR count). The molecule has 0 saturated carbocycles. The summed E-state index contributed by atoms with van der Waals surface area (Å²) in [7, 11) is 0. The number of carbonyl (C=O) groups excluding carboxylic acids is 1. The summed E-state index contributed by atoms with van der Waals surface area (Å²) >= 11 is 0. The van der Waals surface area contributed by atoms with Crippen LogP contribution < -0.4 is 4.74 Å². The first-order valence-electron chi connectivity index (χ1n) is 11.6. The Morgan fingerprint density at radius 1 is 0.935 bits per heavy atom. The zero-order chi connectivity index (χ0) is 21.6. The van der Waals surface area contributed by atoms with E-state index in [0.29, 0.717) is 12.1 Å². The highest BCUT2D eigenvalue weighted by atomic mass is 16.5. The molecule has 0 radical (unpaired) electrons. The lowest BCUT2D eigenvalue weighted by atomic mass is 10.0. The highest BCUT2D eigenvalue weighted by Gasteiger charge is 2.31. The minimum Gasteiger partial charge on any atom is -0.494 e. The fourth-order valence-corrected chi connectivity index (χ4v) is 4.60. The normalized spacial score (nSPS) is 21.9. The summed E-state index contributed by atoms with van der Waals surface area (Å²) in [5, 5.41) is 0. The summed E-state index contributed by atoms with van der Waals surface area (Å²) < 4.78 is 11.3. The molecule has 0 aliphatic carbocycles. The Morgan fingerprint density at radius 2 is 1.52 bits per heavy atom. The summed E-state index contributed by atoms with van der Waals surface area (Å²) in [5.41, 5.74) is 3.00. The highest BCUT2D eigenvalue weighted by molar-refractivity contribution is 5.95. The largest absolute Gasteiger partial charge is 0.494 e. The van der Waals surface area contributed by atoms with E-state index in [2.05, 4.69) is 30.9 Å². The molecule has 2 atom stereocenters. The number of carbonyl (C=O) groups is 1. The fraction of sp³-hybridized carbons (Fsp3) is 0.500. The molecule has 2 saturated heterocycles. The van der Waals surface area contributed by atoms with Crippen molar-refractivity contribution in [2.24, 2.45) is 0 Å². The second kappa shape index (κ2) is 10.3. The zero-order valence-electron chi connectivity index (χ0n) is 18.8. The summed E-state index contributed by atoms with van der Waals surface area (Å²) in [4.78, 5) is 17.3. The Balaban J connectivity index is 1.29. The standard InChI is InChI=1S/C26H34N2O3/c1-20-4-5-21(2)28(20)26(29)24-8-6-22(7-9-24)23-10-12-25(13-11-23)31-17-3-14-27-15-18-30-19-16-27/h6-13,20-21H,3-5,14-19H2,1-2H3/t20-,21-/m0/s1. The van der Waals surface area contributed by atoms with E-state index in [1.54, 1.807) is 0 Å². The van der Waals surface area contributed by atoms with Crippen molar-refractivity contribution in [2.75, 3.05) is 39.5 Å². The molecule has 2 aliphatic heterocycles. The smallest absolute Gasteiger partial charge is 0.254 e. The molecule has 2 aromatic carbocycles. The third kappa shape index (κ3) is 5.46. The summed E-state index contributed by atoms with van der Waals surface area (Å²) in [6.07, 6.45) is 3.20. The summed E-state index contributed by atoms with van der Waals surface area (Å²) in [6.45, 7) is 9.79. The molecule has 0 spiro atoms. The second-order valence-corrected chi connectivity index (χ2v) is 8.75. The van der Waals surface area contributed by atoms with Crippen molar-refractivity contribution in [3.8, 4) is 16.9 Å². The minimum atomic E-state index is 0.143. The van der Waals surface area contributed by atoms with Crippen LogP contribution in [0.2, 0.25) is 0 Å². The van der Waals surface area contributed by atoms with E-state index >= 15 is 0 Å². The van der Waals surface area contributed by atoms with Gasteiger partial charge in [0.15, 0.2) is 0 Å². The van der Waals surface area contributed by atoms with Crippen molar-refractivity contribution in [1.29, 1.82) is 0 Å². The van der Waals surface area contributed by atoms with Crippen LogP contribution in [0.1, 0.15) is 43.5 Å². The number of rotatable bonds is 7. The fourth-order valence-electron chi connectivity index (χ4n) is 4.60. The Bertz CT molecular complexity index is 834. The molecule has 0 unspecified atom stereocenters. The molecule has 2 fully saturated rings. The van der Waals surface area contributed by atoms with Crippen LogP contribution in [0.25, 0.3) is 11.1 Å². The first-order chi connectivity index (χ1) is 15.1. The lowest BCUT2D eigenvalue weighted by molar-refractivity contribution is 0.0358. The van der Waals surface area contributed by atoms with Gasteiger partial charge in [-0.25, -0.2) is 0 Å². The van der Waals surface area contributed by atoms with Gasteiger partial charge in [-0.15, -0.1) is 0 Å². The quantitative estimate of drug-likeness (QED) is 0.618. The number of morpholine rings is 1. The summed E-state index contributed by atoms with van der Waals surface area (Å²) in [5.74, 6) is 1.04. The topological polar surface area (TPSA) is 42.0 Å². The van der Waals surface area contributed by atoms with E-state index in [9.17, 15) is 4.79 Å². The Morgan fingerprint density at radius 3 is 2.13 bits per heavy atom. The lowest BCUT2D eigenvalue weighted by Gasteiger charge is -2.26. The Kier molecular flexibility index (Phi) is 7.25. The van der Waals surface area contributed by atoms with E-state index in [1.807, 2.05) is 41.3 Å². The molecule has 0 bridgehead atoms. The van der Waals surface area contributed by atoms with Crippen molar-refractivity contribution >= 4 is 5.91 Å². The predicted octanol–water partition coefficient (Wildman–Crippen LogP) is 4.47. The predicted molar refractivity (Wildman–Crippen MR) is 124 cm³/mol. The number of nitrogens with zero attached hydrogens (tertiary/aromatic N) is 2. The monoisotopic (exact) mass is 422 g/mol. The molecule has 0 aromatic heterocycles. The van der Waals surface area contributed by atoms with Gasteiger partial charge in [-0.05, 0) is 68.5 Å². The molecule has 0 N–H and O–H groups in total. The third-order valence-corrected chi connectivity index (χ3v) is 6.50. The van der Waals surface area contributed by atoms with Gasteiger partial charge in [0.05, 0.1) is 19.8 Å². The first-order valence-corrected chi connectivity index (χ1v) is 11.6. The highest BCUT2D eigenvalue weighted by Crippen LogP contribution is 2.27. The van der Waals surface area contributed by atoms with Gasteiger partial charge in [0.1, 0.15) is 5.75 Å². The van der Waals surface area contributed by atoms with Crippen LogP contribution >= 0.6 is 0 Å². The van der Waals surface area contributed by atoms with Gasteiger partial charge in [0.2, 0.25) is 0 Å². The van der Waals surface area contributed by atoms with E-state index in [4.69, 9.17) is 9.47 Å². The molecule has 2 heterocycles. The van der Waals surface area contributed by atoms with Crippen LogP contribution in [0, 0.1) is 0 Å². The Labute approximate surface area is 185 Å². The Hall–Kier alpha value is -2.37. The van der Waals surface area contributed by atoms with Crippen molar-refractivity contribution in [1.82, 2.24) is 9.80 Å². The van der Waals surface area contributed by atoms with E-state index in [0.717, 1.165) is 81.2 Å². The van der Waals surface area contributed by atoms with E-state index in [-0.39, 0.29) is 5.91 Å². The van der Waals surface area contributed by atoms with Crippen LogP contribution in [0.4, 0.5) is 0 Å². The van der Waals surface area contributed by atoms with Crippen molar-refractivity contribution in [3.63, 3.8) is 0 Å². The van der Waals surface area contributed by atoms with E-state index in [1.165, 1.54) is 0 Å². The van der Waals surface area contributed by atoms with Crippen LogP contribution in [-0.2, 0) is 4.74 Å². The number of hydrogen-bond acceptors (Lipinski definition) is 4. The maximum Gasteiger partial charge on any atom is 0.254 e. The number of ether oxygens (including phenoxy) is 2. The lowest BCUT2D eigenvalue weighted by Crippen LogP contribution is -2.38. The van der Waals surface area contributed by atoms with Gasteiger partial charge in [-0.2, -0.15) is 0 Å². The van der Waals surface area contributed by atoms with Gasteiger partial charge in [0, 0.05) is 37.3 Å². The van der Waals surface area contributed by atoms with Gasteiger partial charge < -0.3 is 14.4 Å². The average Bonchev–Trinajstić information content (AvgIpc) is 3.15. The maximum absolute atomic E-state index is 12.9. The third-order valence-electron chi connectivity index (χ3n) is 6.50. The van der Waals surface area contributed by atoms with Crippen LogP contribution in [0.15, 0.2) is 48.5 Å². The van der Waals surface area contributed by atoms with Gasteiger partial charge in [0.25, 0.3) is 5.91 Å². The number of likely N-dealkylation sites (tertiary alicyclic amines) is 1. The average molecular weight is 423 g/mol. The van der Waals surface area contributed by atoms with Crippen molar-refractivity contribution in [2.45, 2.75) is 45.2 Å². The zero-order valence-corrected chi connectivity index (χ0v) is 18.8. The van der Waals surface area contributed by atoms with Crippen LogP contribution in [-0.4, -0.2) is 67.2 Å². The first kappa shape index (κ1) is 21.8. The second-order valence-electron chi connectivity index (χ2n) is 8.75. The van der Waals surface area contributed by atoms with E-state index < -0.39 is 0 Å². The maximum atomic E-state index is 12.9. The van der Waals surface area contributed by atoms with Gasteiger partial charge in [-0.3, -0.25) is 9.69 Å². The molecular weight excluding hydrogens is 388 g/mol. The number of hydrogen-bond donors (Lipinski definition) is 0. The molecule has 2 aliphatic rings. The molecular formula is C26H34N2O3. The molecule has 5 nitrogen and oxygen atoms in total. The van der Waals surface area contributed by atoms with Gasteiger partial charge in [-0.1, -0.05) is 24.3 Å². The van der Waals surface area contributed by atoms with Crippen LogP contribution in [0.5, 0.6) is 5.75 Å². The van der Waals surface area contributed by atoms with Crippen molar-refractivity contribution < 1.29 is 14.3 Å².